The number of benzene rings is 1. The highest BCUT2D eigenvalue weighted by atomic mass is 35.5. The zero-order valence-corrected chi connectivity index (χ0v) is 17.7. The second-order valence-corrected chi connectivity index (χ2v) is 7.34. The zero-order chi connectivity index (χ0) is 20.8. The largest absolute Gasteiger partial charge is 0.493 e. The van der Waals surface area contributed by atoms with Crippen LogP contribution in [0.3, 0.4) is 0 Å². The van der Waals surface area contributed by atoms with Gasteiger partial charge in [0, 0.05) is 0 Å². The minimum Gasteiger partial charge on any atom is -0.493 e. The predicted octanol–water partition coefficient (Wildman–Crippen LogP) is 4.13. The fraction of sp³-hybridized carbons (Fsp3) is 0.421. The van der Waals surface area contributed by atoms with Crippen molar-refractivity contribution < 1.29 is 28.6 Å². The molecule has 1 aromatic rings. The van der Waals surface area contributed by atoms with E-state index >= 15 is 0 Å². The van der Waals surface area contributed by atoms with Crippen LogP contribution in [0.5, 0.6) is 11.5 Å². The van der Waals surface area contributed by atoms with Crippen molar-refractivity contribution >= 4 is 46.6 Å². The standard InChI is InChI=1S/C19H22ClNO6S/c1-5-11(3)27-17-13(20)7-12(8-14(17)25-4)9-15-18(23)21(19(24)28-15)10-16(22)26-6-2/h7-9,11H,5-6,10H2,1-4H3/b15-9+/t11-/m1/s1. The number of hydrogen-bond donors (Lipinski definition) is 0. The Kier molecular flexibility index (Phi) is 7.77. The first-order valence-corrected chi connectivity index (χ1v) is 9.95. The van der Waals surface area contributed by atoms with Gasteiger partial charge < -0.3 is 14.2 Å². The Balaban J connectivity index is 2.27. The molecule has 152 valence electrons. The maximum Gasteiger partial charge on any atom is 0.326 e. The number of rotatable bonds is 8. The Morgan fingerprint density at radius 1 is 1.32 bits per heavy atom. The van der Waals surface area contributed by atoms with Gasteiger partial charge in [0.2, 0.25) is 0 Å². The minimum atomic E-state index is -0.637. The van der Waals surface area contributed by atoms with Crippen LogP contribution in [0.25, 0.3) is 6.08 Å². The van der Waals surface area contributed by atoms with Crippen molar-refractivity contribution in [2.75, 3.05) is 20.3 Å². The summed E-state index contributed by atoms with van der Waals surface area (Å²) in [6.07, 6.45) is 2.28. The molecule has 1 fully saturated rings. The topological polar surface area (TPSA) is 82.1 Å². The molecule has 1 heterocycles. The lowest BCUT2D eigenvalue weighted by Crippen LogP contribution is -2.34. The lowest BCUT2D eigenvalue weighted by atomic mass is 10.1. The molecular weight excluding hydrogens is 406 g/mol. The smallest absolute Gasteiger partial charge is 0.326 e. The highest BCUT2D eigenvalue weighted by Crippen LogP contribution is 2.39. The maximum atomic E-state index is 12.5. The number of methoxy groups -OCH3 is 1. The molecule has 0 bridgehead atoms. The third kappa shape index (κ3) is 5.20. The van der Waals surface area contributed by atoms with E-state index in [-0.39, 0.29) is 17.6 Å². The minimum absolute atomic E-state index is 0.0448. The molecule has 9 heteroatoms. The Morgan fingerprint density at radius 2 is 2.04 bits per heavy atom. The van der Waals surface area contributed by atoms with Crippen molar-refractivity contribution in [2.45, 2.75) is 33.3 Å². The van der Waals surface area contributed by atoms with Crippen LogP contribution in [0.1, 0.15) is 32.8 Å². The first-order chi connectivity index (χ1) is 13.3. The van der Waals surface area contributed by atoms with Gasteiger partial charge in [0.25, 0.3) is 11.1 Å². The lowest BCUT2D eigenvalue weighted by molar-refractivity contribution is -0.145. The van der Waals surface area contributed by atoms with Gasteiger partial charge in [-0.05, 0) is 55.8 Å². The van der Waals surface area contributed by atoms with Gasteiger partial charge in [-0.1, -0.05) is 18.5 Å². The molecule has 7 nitrogen and oxygen atoms in total. The molecule has 28 heavy (non-hydrogen) atoms. The number of hydrogen-bond acceptors (Lipinski definition) is 7. The van der Waals surface area contributed by atoms with Gasteiger partial charge in [-0.2, -0.15) is 0 Å². The van der Waals surface area contributed by atoms with E-state index in [4.69, 9.17) is 25.8 Å². The molecular formula is C19H22ClNO6S. The summed E-state index contributed by atoms with van der Waals surface area (Å²) >= 11 is 7.08. The van der Waals surface area contributed by atoms with Gasteiger partial charge in [-0.3, -0.25) is 19.3 Å². The van der Waals surface area contributed by atoms with E-state index in [0.29, 0.717) is 22.1 Å². The molecule has 0 unspecified atom stereocenters. The van der Waals surface area contributed by atoms with Gasteiger partial charge in [-0.25, -0.2) is 0 Å². The summed E-state index contributed by atoms with van der Waals surface area (Å²) in [4.78, 5) is 37.2. The van der Waals surface area contributed by atoms with Crippen LogP contribution in [0, 0.1) is 0 Å². The summed E-state index contributed by atoms with van der Waals surface area (Å²) in [5.41, 5.74) is 0.569. The summed E-state index contributed by atoms with van der Waals surface area (Å²) < 4.78 is 15.9. The quantitative estimate of drug-likeness (QED) is 0.455. The van der Waals surface area contributed by atoms with Crippen LogP contribution in [0.2, 0.25) is 5.02 Å². The molecule has 1 saturated heterocycles. The Labute approximate surface area is 172 Å². The molecule has 2 amide bonds. The van der Waals surface area contributed by atoms with Gasteiger partial charge >= 0.3 is 5.97 Å². The molecule has 0 spiro atoms. The van der Waals surface area contributed by atoms with Crippen LogP contribution in [-0.2, 0) is 14.3 Å². The first-order valence-electron chi connectivity index (χ1n) is 8.75. The molecule has 0 N–H and O–H groups in total. The fourth-order valence-corrected chi connectivity index (χ4v) is 3.45. The summed E-state index contributed by atoms with van der Waals surface area (Å²) in [6.45, 7) is 5.32. The van der Waals surface area contributed by atoms with Crippen LogP contribution in [0.4, 0.5) is 4.79 Å². The van der Waals surface area contributed by atoms with Gasteiger partial charge in [0.15, 0.2) is 11.5 Å². The van der Waals surface area contributed by atoms with E-state index < -0.39 is 23.7 Å². The second kappa shape index (κ2) is 9.84. The van der Waals surface area contributed by atoms with Crippen LogP contribution in [-0.4, -0.2) is 48.4 Å². The second-order valence-electron chi connectivity index (χ2n) is 5.94. The van der Waals surface area contributed by atoms with Crippen LogP contribution < -0.4 is 9.47 Å². The van der Waals surface area contributed by atoms with E-state index in [1.807, 2.05) is 13.8 Å². The van der Waals surface area contributed by atoms with E-state index in [0.717, 1.165) is 23.1 Å². The summed E-state index contributed by atoms with van der Waals surface area (Å²) in [7, 11) is 1.49. The number of nitrogens with zero attached hydrogens (tertiary/aromatic N) is 1. The molecule has 1 aromatic carbocycles. The molecule has 1 aliphatic heterocycles. The van der Waals surface area contributed by atoms with E-state index in [1.54, 1.807) is 19.1 Å². The molecule has 2 rings (SSSR count). The average molecular weight is 428 g/mol. The maximum absolute atomic E-state index is 12.5. The number of esters is 1. The molecule has 0 saturated carbocycles. The number of ether oxygens (including phenoxy) is 3. The summed E-state index contributed by atoms with van der Waals surface area (Å²) in [6, 6.07) is 3.30. The Bertz CT molecular complexity index is 810. The monoisotopic (exact) mass is 427 g/mol. The Hall–Kier alpha value is -2.19. The number of imide groups is 1. The fourth-order valence-electron chi connectivity index (χ4n) is 2.35. The number of thioether (sulfide) groups is 1. The normalized spacial score (nSPS) is 16.5. The SMILES string of the molecule is CCOC(=O)CN1C(=O)S/C(=C/c2cc(Cl)c(O[C@H](C)CC)c(OC)c2)C1=O. The molecule has 0 aliphatic carbocycles. The van der Waals surface area contributed by atoms with E-state index in [1.165, 1.54) is 13.2 Å². The zero-order valence-electron chi connectivity index (χ0n) is 16.1. The van der Waals surface area contributed by atoms with Crippen molar-refractivity contribution in [3.8, 4) is 11.5 Å². The average Bonchev–Trinajstić information content (AvgIpc) is 2.91. The van der Waals surface area contributed by atoms with Gasteiger partial charge in [0.05, 0.1) is 29.7 Å². The molecule has 1 aliphatic rings. The first kappa shape index (κ1) is 22.1. The van der Waals surface area contributed by atoms with Crippen LogP contribution in [0.15, 0.2) is 17.0 Å². The number of carbonyl (C=O) groups excluding carboxylic acids is 3. The lowest BCUT2D eigenvalue weighted by Gasteiger charge is -2.17. The third-order valence-corrected chi connectivity index (χ3v) is 5.10. The van der Waals surface area contributed by atoms with E-state index in [2.05, 4.69) is 0 Å². The van der Waals surface area contributed by atoms with Gasteiger partial charge in [0.1, 0.15) is 6.54 Å². The highest BCUT2D eigenvalue weighted by molar-refractivity contribution is 8.18. The van der Waals surface area contributed by atoms with Crippen molar-refractivity contribution in [1.29, 1.82) is 0 Å². The van der Waals surface area contributed by atoms with Crippen molar-refractivity contribution in [1.82, 2.24) is 4.90 Å². The predicted molar refractivity (Wildman–Crippen MR) is 108 cm³/mol. The summed E-state index contributed by atoms with van der Waals surface area (Å²) in [5.74, 6) is -0.351. The molecule has 0 aromatic heterocycles. The number of carbonyl (C=O) groups is 3. The third-order valence-electron chi connectivity index (χ3n) is 3.91. The Morgan fingerprint density at radius 3 is 2.64 bits per heavy atom. The molecule has 1 atom stereocenters. The van der Waals surface area contributed by atoms with Crippen molar-refractivity contribution in [3.63, 3.8) is 0 Å². The van der Waals surface area contributed by atoms with Crippen LogP contribution >= 0.6 is 23.4 Å². The van der Waals surface area contributed by atoms with Crippen molar-refractivity contribution in [2.24, 2.45) is 0 Å². The number of amides is 2. The molecule has 0 radical (unpaired) electrons. The summed E-state index contributed by atoms with van der Waals surface area (Å²) in [5, 5.41) is -0.198. The highest BCUT2D eigenvalue weighted by Gasteiger charge is 2.36. The van der Waals surface area contributed by atoms with Gasteiger partial charge in [-0.15, -0.1) is 0 Å². The van der Waals surface area contributed by atoms with Crippen molar-refractivity contribution in [3.05, 3.63) is 27.6 Å². The van der Waals surface area contributed by atoms with E-state index in [9.17, 15) is 14.4 Å². The number of halogens is 1.